The van der Waals surface area contributed by atoms with Crippen molar-refractivity contribution in [3.8, 4) is 0 Å². The predicted octanol–water partition coefficient (Wildman–Crippen LogP) is 0.444. The molecule has 0 radical (unpaired) electrons. The summed E-state index contributed by atoms with van der Waals surface area (Å²) in [6.07, 6.45) is 4.48. The highest BCUT2D eigenvalue weighted by atomic mass is 16.2. The molecule has 1 aromatic rings. The molecule has 0 aromatic carbocycles. The number of aromatic nitrogens is 1. The molecule has 2 rings (SSSR count). The van der Waals surface area contributed by atoms with Gasteiger partial charge in [-0.1, -0.05) is 0 Å². The van der Waals surface area contributed by atoms with Gasteiger partial charge in [0.05, 0.1) is 6.04 Å². The summed E-state index contributed by atoms with van der Waals surface area (Å²) in [5.74, 6) is 0.209. The maximum atomic E-state index is 11.8. The van der Waals surface area contributed by atoms with Crippen molar-refractivity contribution in [3.63, 3.8) is 0 Å². The zero-order valence-electron chi connectivity index (χ0n) is 9.52. The number of hydrogen-bond acceptors (Lipinski definition) is 3. The van der Waals surface area contributed by atoms with E-state index in [0.717, 1.165) is 26.1 Å². The van der Waals surface area contributed by atoms with Crippen LogP contribution in [0.15, 0.2) is 24.5 Å². The Labute approximate surface area is 95.7 Å². The highest BCUT2D eigenvalue weighted by Crippen LogP contribution is 2.04. The van der Waals surface area contributed by atoms with E-state index in [9.17, 15) is 4.79 Å². The molecule has 4 nitrogen and oxygen atoms in total. The molecule has 0 aliphatic carbocycles. The van der Waals surface area contributed by atoms with Gasteiger partial charge in [0.1, 0.15) is 0 Å². The number of pyridine rings is 1. The number of nitrogens with zero attached hydrogens (tertiary/aromatic N) is 2. The lowest BCUT2D eigenvalue weighted by Crippen LogP contribution is -2.54. The predicted molar refractivity (Wildman–Crippen MR) is 62.0 cm³/mol. The summed E-state index contributed by atoms with van der Waals surface area (Å²) >= 11 is 0. The van der Waals surface area contributed by atoms with Crippen molar-refractivity contribution >= 4 is 5.91 Å². The molecule has 0 spiro atoms. The van der Waals surface area contributed by atoms with E-state index in [0.29, 0.717) is 0 Å². The first-order valence-corrected chi connectivity index (χ1v) is 5.68. The monoisotopic (exact) mass is 219 g/mol. The molecule has 1 fully saturated rings. The Hall–Kier alpha value is -1.42. The quantitative estimate of drug-likeness (QED) is 0.802. The van der Waals surface area contributed by atoms with Crippen LogP contribution in [0, 0.1) is 0 Å². The Morgan fingerprint density at radius 2 is 2.25 bits per heavy atom. The number of nitrogens with one attached hydrogen (secondary N) is 1. The van der Waals surface area contributed by atoms with E-state index in [-0.39, 0.29) is 11.9 Å². The van der Waals surface area contributed by atoms with Crippen molar-refractivity contribution in [2.45, 2.75) is 19.4 Å². The number of rotatable bonds is 3. The molecule has 0 saturated carbocycles. The van der Waals surface area contributed by atoms with Gasteiger partial charge in [0, 0.05) is 32.0 Å². The summed E-state index contributed by atoms with van der Waals surface area (Å²) in [5.41, 5.74) is 1.23. The van der Waals surface area contributed by atoms with Crippen molar-refractivity contribution in [2.24, 2.45) is 0 Å². The first-order valence-electron chi connectivity index (χ1n) is 5.68. The largest absolute Gasteiger partial charge is 0.340 e. The fraction of sp³-hybridized carbons (Fsp3) is 0.500. The number of carbonyl (C=O) groups is 1. The molecule has 1 saturated heterocycles. The van der Waals surface area contributed by atoms with E-state index in [1.165, 1.54) is 5.56 Å². The van der Waals surface area contributed by atoms with Gasteiger partial charge in [-0.05, 0) is 31.0 Å². The zero-order valence-corrected chi connectivity index (χ0v) is 9.52. The second-order valence-electron chi connectivity index (χ2n) is 4.11. The lowest BCUT2D eigenvalue weighted by molar-refractivity contribution is -0.135. The first kappa shape index (κ1) is 11.1. The topological polar surface area (TPSA) is 45.2 Å². The van der Waals surface area contributed by atoms with E-state index in [1.807, 2.05) is 24.0 Å². The second-order valence-corrected chi connectivity index (χ2v) is 4.11. The van der Waals surface area contributed by atoms with E-state index < -0.39 is 0 Å². The van der Waals surface area contributed by atoms with E-state index in [4.69, 9.17) is 0 Å². The summed E-state index contributed by atoms with van der Waals surface area (Å²) in [4.78, 5) is 17.7. The van der Waals surface area contributed by atoms with Crippen LogP contribution < -0.4 is 5.32 Å². The minimum absolute atomic E-state index is 0.0359. The zero-order chi connectivity index (χ0) is 11.4. The number of piperazine rings is 1. The molecule has 1 unspecified atom stereocenters. The Bertz CT molecular complexity index is 353. The molecule has 2 heterocycles. The molecule has 86 valence electrons. The molecule has 1 amide bonds. The van der Waals surface area contributed by atoms with Crippen molar-refractivity contribution in [1.82, 2.24) is 15.2 Å². The normalized spacial score (nSPS) is 21.2. The van der Waals surface area contributed by atoms with E-state index in [1.54, 1.807) is 12.4 Å². The molecule has 0 bridgehead atoms. The Morgan fingerprint density at radius 3 is 3.00 bits per heavy atom. The lowest BCUT2D eigenvalue weighted by atomic mass is 10.1. The summed E-state index contributed by atoms with van der Waals surface area (Å²) in [6, 6.07) is 3.96. The average molecular weight is 219 g/mol. The first-order chi connectivity index (χ1) is 7.77. The van der Waals surface area contributed by atoms with Gasteiger partial charge in [-0.25, -0.2) is 0 Å². The molecular weight excluding hydrogens is 202 g/mol. The SMILES string of the molecule is CC1NCCN(CCc2ccncc2)C1=O. The number of hydrogen-bond donors (Lipinski definition) is 1. The lowest BCUT2D eigenvalue weighted by Gasteiger charge is -2.31. The van der Waals surface area contributed by atoms with Crippen LogP contribution in [-0.2, 0) is 11.2 Å². The number of carbonyl (C=O) groups excluding carboxylic acids is 1. The van der Waals surface area contributed by atoms with Gasteiger partial charge in [-0.15, -0.1) is 0 Å². The Balaban J connectivity index is 1.88. The van der Waals surface area contributed by atoms with Gasteiger partial charge in [-0.3, -0.25) is 9.78 Å². The van der Waals surface area contributed by atoms with Crippen molar-refractivity contribution < 1.29 is 4.79 Å². The molecular formula is C12H17N3O. The van der Waals surface area contributed by atoms with Gasteiger partial charge < -0.3 is 10.2 Å². The highest BCUT2D eigenvalue weighted by Gasteiger charge is 2.23. The molecule has 4 heteroatoms. The van der Waals surface area contributed by atoms with Crippen LogP contribution in [0.25, 0.3) is 0 Å². The summed E-state index contributed by atoms with van der Waals surface area (Å²) in [5, 5.41) is 3.16. The summed E-state index contributed by atoms with van der Waals surface area (Å²) in [7, 11) is 0. The minimum atomic E-state index is -0.0359. The summed E-state index contributed by atoms with van der Waals surface area (Å²) < 4.78 is 0. The van der Waals surface area contributed by atoms with Crippen LogP contribution in [0.3, 0.4) is 0 Å². The van der Waals surface area contributed by atoms with Crippen molar-refractivity contribution in [1.29, 1.82) is 0 Å². The molecule has 1 aromatic heterocycles. The van der Waals surface area contributed by atoms with Crippen LogP contribution in [-0.4, -0.2) is 41.5 Å². The maximum absolute atomic E-state index is 11.8. The van der Waals surface area contributed by atoms with Gasteiger partial charge in [0.2, 0.25) is 5.91 Å². The minimum Gasteiger partial charge on any atom is -0.340 e. The summed E-state index contributed by atoms with van der Waals surface area (Å²) in [6.45, 7) is 4.42. The smallest absolute Gasteiger partial charge is 0.239 e. The third-order valence-corrected chi connectivity index (χ3v) is 2.93. The Kier molecular flexibility index (Phi) is 3.51. The number of amides is 1. The highest BCUT2D eigenvalue weighted by molar-refractivity contribution is 5.82. The van der Waals surface area contributed by atoms with E-state index in [2.05, 4.69) is 10.3 Å². The van der Waals surface area contributed by atoms with Crippen LogP contribution in [0.4, 0.5) is 0 Å². The fourth-order valence-electron chi connectivity index (χ4n) is 1.92. The average Bonchev–Trinajstić information content (AvgIpc) is 2.32. The molecule has 1 aliphatic heterocycles. The van der Waals surface area contributed by atoms with Gasteiger partial charge in [0.15, 0.2) is 0 Å². The van der Waals surface area contributed by atoms with Crippen LogP contribution >= 0.6 is 0 Å². The molecule has 16 heavy (non-hydrogen) atoms. The Morgan fingerprint density at radius 1 is 1.50 bits per heavy atom. The van der Waals surface area contributed by atoms with Crippen molar-refractivity contribution in [3.05, 3.63) is 30.1 Å². The van der Waals surface area contributed by atoms with Gasteiger partial charge in [-0.2, -0.15) is 0 Å². The van der Waals surface area contributed by atoms with Gasteiger partial charge >= 0.3 is 0 Å². The maximum Gasteiger partial charge on any atom is 0.239 e. The standard InChI is InChI=1S/C12H17N3O/c1-10-12(16)15(9-7-14-10)8-4-11-2-5-13-6-3-11/h2-3,5-6,10,14H,4,7-9H2,1H3. The van der Waals surface area contributed by atoms with Gasteiger partial charge in [0.25, 0.3) is 0 Å². The van der Waals surface area contributed by atoms with E-state index >= 15 is 0 Å². The van der Waals surface area contributed by atoms with Crippen molar-refractivity contribution in [2.75, 3.05) is 19.6 Å². The van der Waals surface area contributed by atoms with Crippen LogP contribution in [0.1, 0.15) is 12.5 Å². The molecule has 1 atom stereocenters. The third kappa shape index (κ3) is 2.58. The van der Waals surface area contributed by atoms with Crippen LogP contribution in [0.5, 0.6) is 0 Å². The fourth-order valence-corrected chi connectivity index (χ4v) is 1.92. The molecule has 1 aliphatic rings. The van der Waals surface area contributed by atoms with Crippen LogP contribution in [0.2, 0.25) is 0 Å². The second kappa shape index (κ2) is 5.07. The molecule has 1 N–H and O–H groups in total. The third-order valence-electron chi connectivity index (χ3n) is 2.93.